The van der Waals surface area contributed by atoms with Crippen LogP contribution in [-0.4, -0.2) is 62.9 Å². The molecule has 8 heteroatoms. The first kappa shape index (κ1) is 18.9. The Labute approximate surface area is 169 Å². The number of carbonyl (C=O) groups excluding carboxylic acids is 1. The fraction of sp³-hybridized carbons (Fsp3) is 0.333. The van der Waals surface area contributed by atoms with E-state index >= 15 is 0 Å². The fourth-order valence-corrected chi connectivity index (χ4v) is 3.48. The van der Waals surface area contributed by atoms with Crippen LogP contribution >= 0.6 is 0 Å². The predicted molar refractivity (Wildman–Crippen MR) is 110 cm³/mol. The van der Waals surface area contributed by atoms with Gasteiger partial charge in [0.25, 0.3) is 5.91 Å². The van der Waals surface area contributed by atoms with E-state index in [1.54, 1.807) is 43.1 Å². The minimum absolute atomic E-state index is 0.0581. The van der Waals surface area contributed by atoms with Crippen molar-refractivity contribution in [1.29, 1.82) is 0 Å². The highest BCUT2D eigenvalue weighted by Gasteiger charge is 2.26. The highest BCUT2D eigenvalue weighted by atomic mass is 16.2. The molecule has 0 radical (unpaired) electrons. The number of carbonyl (C=O) groups is 1. The van der Waals surface area contributed by atoms with E-state index in [2.05, 4.69) is 19.9 Å². The van der Waals surface area contributed by atoms with Crippen molar-refractivity contribution < 1.29 is 4.79 Å². The zero-order valence-corrected chi connectivity index (χ0v) is 16.6. The molecule has 0 aromatic carbocycles. The first-order valence-corrected chi connectivity index (χ1v) is 9.64. The Kier molecular flexibility index (Phi) is 5.41. The van der Waals surface area contributed by atoms with Gasteiger partial charge in [0.1, 0.15) is 11.5 Å². The Bertz CT molecular complexity index is 971. The summed E-state index contributed by atoms with van der Waals surface area (Å²) in [4.78, 5) is 38.4. The summed E-state index contributed by atoms with van der Waals surface area (Å²) >= 11 is 0. The Balaban J connectivity index is 1.53. The van der Waals surface area contributed by atoms with Crippen LogP contribution < -0.4 is 4.90 Å². The van der Waals surface area contributed by atoms with E-state index in [-0.39, 0.29) is 11.8 Å². The average molecular weight is 389 g/mol. The van der Waals surface area contributed by atoms with E-state index < -0.39 is 0 Å². The van der Waals surface area contributed by atoms with Gasteiger partial charge in [-0.15, -0.1) is 0 Å². The molecule has 0 atom stereocenters. The zero-order chi connectivity index (χ0) is 20.2. The van der Waals surface area contributed by atoms with Crippen molar-refractivity contribution in [1.82, 2.24) is 29.8 Å². The number of aromatic nitrogens is 5. The van der Waals surface area contributed by atoms with Crippen molar-refractivity contribution in [3.8, 4) is 11.5 Å². The third-order valence-electron chi connectivity index (χ3n) is 5.11. The third-order valence-corrected chi connectivity index (χ3v) is 5.11. The number of piperidine rings is 1. The molecule has 4 rings (SSSR count). The van der Waals surface area contributed by atoms with Gasteiger partial charge >= 0.3 is 0 Å². The zero-order valence-electron chi connectivity index (χ0n) is 16.6. The van der Waals surface area contributed by atoms with Crippen LogP contribution in [0.15, 0.2) is 49.2 Å². The summed E-state index contributed by atoms with van der Waals surface area (Å²) in [6, 6.07) is 5.55. The normalized spacial score (nSPS) is 14.6. The summed E-state index contributed by atoms with van der Waals surface area (Å²) in [6.45, 7) is 1.40. The maximum absolute atomic E-state index is 12.7. The molecule has 1 fully saturated rings. The average Bonchev–Trinajstić information content (AvgIpc) is 2.79. The van der Waals surface area contributed by atoms with Crippen LogP contribution in [0.4, 0.5) is 5.82 Å². The van der Waals surface area contributed by atoms with Crippen molar-refractivity contribution in [2.45, 2.75) is 18.8 Å². The lowest BCUT2D eigenvalue weighted by Gasteiger charge is -2.32. The predicted octanol–water partition coefficient (Wildman–Crippen LogP) is 2.41. The van der Waals surface area contributed by atoms with Gasteiger partial charge in [-0.2, -0.15) is 0 Å². The molecule has 29 heavy (non-hydrogen) atoms. The monoisotopic (exact) mass is 389 g/mol. The second-order valence-corrected chi connectivity index (χ2v) is 7.26. The second-order valence-electron chi connectivity index (χ2n) is 7.26. The maximum atomic E-state index is 12.7. The Hall–Kier alpha value is -3.42. The fourth-order valence-electron chi connectivity index (χ4n) is 3.48. The van der Waals surface area contributed by atoms with Crippen LogP contribution in [0.3, 0.4) is 0 Å². The number of amides is 1. The topological polar surface area (TPSA) is 88.0 Å². The number of nitrogens with zero attached hydrogens (tertiary/aromatic N) is 7. The number of hydrogen-bond acceptors (Lipinski definition) is 7. The van der Waals surface area contributed by atoms with E-state index in [1.807, 2.05) is 30.0 Å². The Morgan fingerprint density at radius 1 is 1.03 bits per heavy atom. The lowest BCUT2D eigenvalue weighted by molar-refractivity contribution is 0.0712. The van der Waals surface area contributed by atoms with Gasteiger partial charge in [-0.3, -0.25) is 14.8 Å². The molecule has 0 spiro atoms. The molecular formula is C21H23N7O. The molecule has 148 valence electrons. The molecular weight excluding hydrogens is 366 g/mol. The molecule has 3 aromatic rings. The molecule has 1 saturated heterocycles. The van der Waals surface area contributed by atoms with Crippen molar-refractivity contribution >= 4 is 11.7 Å². The SMILES string of the molecule is CN(C)c1cc(C2CCN(C(=O)c3ccncc3)CC2)nc(-c2cnccn2)n1. The summed E-state index contributed by atoms with van der Waals surface area (Å²) in [5.74, 6) is 1.75. The Morgan fingerprint density at radius 3 is 2.45 bits per heavy atom. The number of likely N-dealkylation sites (tertiary alicyclic amines) is 1. The lowest BCUT2D eigenvalue weighted by Crippen LogP contribution is -2.38. The molecule has 0 aliphatic carbocycles. The van der Waals surface area contributed by atoms with Crippen molar-refractivity contribution in [2.75, 3.05) is 32.1 Å². The molecule has 8 nitrogen and oxygen atoms in total. The molecule has 4 heterocycles. The molecule has 1 aliphatic heterocycles. The van der Waals surface area contributed by atoms with Crippen LogP contribution in [0.5, 0.6) is 0 Å². The number of pyridine rings is 1. The van der Waals surface area contributed by atoms with E-state index in [1.165, 1.54) is 0 Å². The van der Waals surface area contributed by atoms with Gasteiger partial charge in [0, 0.05) is 75.2 Å². The van der Waals surface area contributed by atoms with Crippen molar-refractivity contribution in [3.63, 3.8) is 0 Å². The van der Waals surface area contributed by atoms with Crippen molar-refractivity contribution in [3.05, 3.63) is 60.4 Å². The highest BCUT2D eigenvalue weighted by molar-refractivity contribution is 5.94. The molecule has 1 aliphatic rings. The minimum atomic E-state index is 0.0581. The smallest absolute Gasteiger partial charge is 0.253 e. The van der Waals surface area contributed by atoms with Gasteiger partial charge in [0.2, 0.25) is 0 Å². The first-order chi connectivity index (χ1) is 14.1. The van der Waals surface area contributed by atoms with Crippen LogP contribution in [0.1, 0.15) is 34.8 Å². The van der Waals surface area contributed by atoms with Gasteiger partial charge < -0.3 is 9.80 Å². The van der Waals surface area contributed by atoms with Gasteiger partial charge in [-0.25, -0.2) is 15.0 Å². The van der Waals surface area contributed by atoms with Gasteiger partial charge in [0.15, 0.2) is 5.82 Å². The quantitative estimate of drug-likeness (QED) is 0.677. The van der Waals surface area contributed by atoms with Crippen LogP contribution in [0.25, 0.3) is 11.5 Å². The summed E-state index contributed by atoms with van der Waals surface area (Å²) in [6.07, 6.45) is 9.98. The summed E-state index contributed by atoms with van der Waals surface area (Å²) < 4.78 is 0. The van der Waals surface area contributed by atoms with Crippen LogP contribution in [0, 0.1) is 0 Å². The molecule has 1 amide bonds. The highest BCUT2D eigenvalue weighted by Crippen LogP contribution is 2.30. The first-order valence-electron chi connectivity index (χ1n) is 9.64. The number of hydrogen-bond donors (Lipinski definition) is 0. The molecule has 0 unspecified atom stereocenters. The number of anilines is 1. The summed E-state index contributed by atoms with van der Waals surface area (Å²) in [5.41, 5.74) is 2.32. The number of rotatable bonds is 4. The van der Waals surface area contributed by atoms with E-state index in [9.17, 15) is 4.79 Å². The van der Waals surface area contributed by atoms with E-state index in [4.69, 9.17) is 4.98 Å². The van der Waals surface area contributed by atoms with Gasteiger partial charge in [0.05, 0.1) is 6.20 Å². The van der Waals surface area contributed by atoms with E-state index in [0.29, 0.717) is 30.2 Å². The lowest BCUT2D eigenvalue weighted by atomic mass is 9.92. The van der Waals surface area contributed by atoms with Crippen LogP contribution in [-0.2, 0) is 0 Å². The van der Waals surface area contributed by atoms with E-state index in [0.717, 1.165) is 24.4 Å². The van der Waals surface area contributed by atoms with Crippen LogP contribution in [0.2, 0.25) is 0 Å². The largest absolute Gasteiger partial charge is 0.363 e. The Morgan fingerprint density at radius 2 is 1.79 bits per heavy atom. The molecule has 0 saturated carbocycles. The standard InChI is InChI=1S/C21H23N7O/c1-27(2)19-13-17(25-20(26-19)18-14-23-9-10-24-18)15-5-11-28(12-6-15)21(29)16-3-7-22-8-4-16/h3-4,7-10,13-15H,5-6,11-12H2,1-2H3. The summed E-state index contributed by atoms with van der Waals surface area (Å²) in [7, 11) is 3.92. The maximum Gasteiger partial charge on any atom is 0.253 e. The molecule has 0 bridgehead atoms. The van der Waals surface area contributed by atoms with Gasteiger partial charge in [-0.1, -0.05) is 0 Å². The second kappa shape index (κ2) is 8.30. The van der Waals surface area contributed by atoms with Crippen molar-refractivity contribution in [2.24, 2.45) is 0 Å². The van der Waals surface area contributed by atoms with Gasteiger partial charge in [-0.05, 0) is 25.0 Å². The summed E-state index contributed by atoms with van der Waals surface area (Å²) in [5, 5.41) is 0. The minimum Gasteiger partial charge on any atom is -0.363 e. The third kappa shape index (κ3) is 4.21. The molecule has 3 aromatic heterocycles. The molecule has 0 N–H and O–H groups in total.